The van der Waals surface area contributed by atoms with Crippen LogP contribution in [0.1, 0.15) is 16.5 Å². The number of thiophene rings is 1. The van der Waals surface area contributed by atoms with E-state index in [0.717, 1.165) is 0 Å². The quantitative estimate of drug-likeness (QED) is 0.858. The Labute approximate surface area is 114 Å². The molecule has 1 aromatic carbocycles. The first-order valence-electron chi connectivity index (χ1n) is 4.65. The molecule has 1 aromatic heterocycles. The Balaban J connectivity index is 2.47. The molecule has 1 unspecified atom stereocenters. The zero-order valence-corrected chi connectivity index (χ0v) is 11.5. The Morgan fingerprint density at radius 2 is 1.88 bits per heavy atom. The van der Waals surface area contributed by atoms with Crippen molar-refractivity contribution in [1.82, 2.24) is 0 Å². The second-order valence-electron chi connectivity index (χ2n) is 3.38. The minimum atomic E-state index is -0.856. The Kier molecular flexibility index (Phi) is 3.82. The van der Waals surface area contributed by atoms with Gasteiger partial charge in [-0.3, -0.25) is 0 Å². The van der Waals surface area contributed by atoms with Gasteiger partial charge in [-0.1, -0.05) is 17.7 Å². The molecule has 2 N–H and O–H groups in total. The van der Waals surface area contributed by atoms with E-state index in [1.165, 1.54) is 29.5 Å². The molecule has 2 rings (SSSR count). The number of hydrogen-bond acceptors (Lipinski definition) is 2. The van der Waals surface area contributed by atoms with Crippen LogP contribution in [0.5, 0.6) is 0 Å². The summed E-state index contributed by atoms with van der Waals surface area (Å²) < 4.78 is 28.2. The van der Waals surface area contributed by atoms with Crippen LogP contribution in [0.2, 0.25) is 4.34 Å². The molecule has 2 aromatic rings. The van der Waals surface area contributed by atoms with E-state index in [1.807, 2.05) is 0 Å². The van der Waals surface area contributed by atoms with Gasteiger partial charge < -0.3 is 5.73 Å². The maximum Gasteiger partial charge on any atom is 0.131 e. The first kappa shape index (κ1) is 13.0. The third-order valence-corrected chi connectivity index (χ3v) is 4.84. The van der Waals surface area contributed by atoms with Crippen molar-refractivity contribution >= 4 is 38.9 Å². The molecule has 6 heteroatoms. The third kappa shape index (κ3) is 2.52. The molecule has 0 aliphatic carbocycles. The lowest BCUT2D eigenvalue weighted by Crippen LogP contribution is -2.14. The molecule has 0 bridgehead atoms. The van der Waals surface area contributed by atoms with E-state index in [4.69, 9.17) is 17.3 Å². The fourth-order valence-corrected chi connectivity index (χ4v) is 3.21. The van der Waals surface area contributed by atoms with Crippen molar-refractivity contribution in [1.29, 1.82) is 0 Å². The molecule has 0 saturated heterocycles. The molecule has 1 heterocycles. The SMILES string of the molecule is NC(c1cc(Br)c(Cl)s1)c1c(F)cccc1F. The molecule has 0 fully saturated rings. The van der Waals surface area contributed by atoms with Crippen molar-refractivity contribution in [2.24, 2.45) is 5.73 Å². The van der Waals surface area contributed by atoms with Gasteiger partial charge in [0.2, 0.25) is 0 Å². The molecule has 0 radical (unpaired) electrons. The highest BCUT2D eigenvalue weighted by molar-refractivity contribution is 9.10. The highest BCUT2D eigenvalue weighted by Crippen LogP contribution is 2.37. The standard InChI is InChI=1S/C11H7BrClF2NS/c12-5-4-8(17-11(5)13)10(16)9-6(14)2-1-3-7(9)15/h1-4,10H,16H2. The van der Waals surface area contributed by atoms with Crippen LogP contribution in [-0.4, -0.2) is 0 Å². The van der Waals surface area contributed by atoms with Crippen molar-refractivity contribution in [2.45, 2.75) is 6.04 Å². The number of rotatable bonds is 2. The van der Waals surface area contributed by atoms with Gasteiger partial charge in [0.05, 0.1) is 6.04 Å². The number of hydrogen-bond donors (Lipinski definition) is 1. The van der Waals surface area contributed by atoms with Crippen molar-refractivity contribution < 1.29 is 8.78 Å². The average Bonchev–Trinajstić information content (AvgIpc) is 2.59. The van der Waals surface area contributed by atoms with Gasteiger partial charge in [0.15, 0.2) is 0 Å². The van der Waals surface area contributed by atoms with Crippen molar-refractivity contribution in [3.63, 3.8) is 0 Å². The second-order valence-corrected chi connectivity index (χ2v) is 5.92. The summed E-state index contributed by atoms with van der Waals surface area (Å²) in [5, 5.41) is 0. The maximum atomic E-state index is 13.5. The minimum absolute atomic E-state index is 0.141. The first-order chi connectivity index (χ1) is 8.00. The Hall–Kier alpha value is -0.490. The fourth-order valence-electron chi connectivity index (χ4n) is 1.47. The Bertz CT molecular complexity index is 519. The molecule has 0 spiro atoms. The molecule has 90 valence electrons. The van der Waals surface area contributed by atoms with Gasteiger partial charge in [-0.25, -0.2) is 8.78 Å². The van der Waals surface area contributed by atoms with Crippen LogP contribution < -0.4 is 5.73 Å². The first-order valence-corrected chi connectivity index (χ1v) is 6.63. The fraction of sp³-hybridized carbons (Fsp3) is 0.0909. The van der Waals surface area contributed by atoms with E-state index < -0.39 is 17.7 Å². The molecule has 0 amide bonds. The van der Waals surface area contributed by atoms with Crippen LogP contribution in [0, 0.1) is 11.6 Å². The molecular formula is C11H7BrClF2NS. The maximum absolute atomic E-state index is 13.5. The largest absolute Gasteiger partial charge is 0.319 e. The number of benzene rings is 1. The molecule has 0 aliphatic rings. The van der Waals surface area contributed by atoms with E-state index in [2.05, 4.69) is 15.9 Å². The summed E-state index contributed by atoms with van der Waals surface area (Å²) in [4.78, 5) is 0.603. The predicted molar refractivity (Wildman–Crippen MR) is 69.4 cm³/mol. The van der Waals surface area contributed by atoms with Gasteiger partial charge >= 0.3 is 0 Å². The van der Waals surface area contributed by atoms with Crippen LogP contribution in [0.4, 0.5) is 8.78 Å². The van der Waals surface area contributed by atoms with Gasteiger partial charge in [-0.15, -0.1) is 11.3 Å². The van der Waals surface area contributed by atoms with E-state index in [1.54, 1.807) is 6.07 Å². The summed E-state index contributed by atoms with van der Waals surface area (Å²) in [6.07, 6.45) is 0. The van der Waals surface area contributed by atoms with Crippen molar-refractivity contribution in [3.05, 3.63) is 55.1 Å². The molecule has 0 aliphatic heterocycles. The van der Waals surface area contributed by atoms with Crippen LogP contribution in [-0.2, 0) is 0 Å². The Morgan fingerprint density at radius 3 is 2.35 bits per heavy atom. The van der Waals surface area contributed by atoms with Gasteiger partial charge in [-0.05, 0) is 34.1 Å². The molecule has 0 saturated carbocycles. The molecule has 1 atom stereocenters. The second kappa shape index (κ2) is 5.02. The highest BCUT2D eigenvalue weighted by atomic mass is 79.9. The topological polar surface area (TPSA) is 26.0 Å². The minimum Gasteiger partial charge on any atom is -0.319 e. The zero-order valence-electron chi connectivity index (χ0n) is 8.38. The summed E-state index contributed by atoms with van der Waals surface area (Å²) in [6.45, 7) is 0. The van der Waals surface area contributed by atoms with Gasteiger partial charge in [0.1, 0.15) is 16.0 Å². The van der Waals surface area contributed by atoms with Crippen LogP contribution in [0.3, 0.4) is 0 Å². The lowest BCUT2D eigenvalue weighted by Gasteiger charge is -2.11. The van der Waals surface area contributed by atoms with E-state index >= 15 is 0 Å². The molecule has 1 nitrogen and oxygen atoms in total. The van der Waals surface area contributed by atoms with Crippen LogP contribution >= 0.6 is 38.9 Å². The number of nitrogens with two attached hydrogens (primary N) is 1. The van der Waals surface area contributed by atoms with Crippen molar-refractivity contribution in [3.8, 4) is 0 Å². The summed E-state index contributed by atoms with van der Waals surface area (Å²) >= 11 is 10.3. The van der Waals surface area contributed by atoms with E-state index in [9.17, 15) is 8.78 Å². The van der Waals surface area contributed by atoms with E-state index in [0.29, 0.717) is 13.7 Å². The normalized spacial score (nSPS) is 12.8. The van der Waals surface area contributed by atoms with Gasteiger partial charge in [0.25, 0.3) is 0 Å². The summed E-state index contributed by atoms with van der Waals surface area (Å²) in [5.41, 5.74) is 5.71. The van der Waals surface area contributed by atoms with Crippen molar-refractivity contribution in [2.75, 3.05) is 0 Å². The number of halogens is 4. The van der Waals surface area contributed by atoms with Crippen LogP contribution in [0.15, 0.2) is 28.7 Å². The summed E-state index contributed by atoms with van der Waals surface area (Å²) in [5.74, 6) is -1.31. The summed E-state index contributed by atoms with van der Waals surface area (Å²) in [6, 6.07) is 4.48. The lowest BCUT2D eigenvalue weighted by molar-refractivity contribution is 0.545. The third-order valence-electron chi connectivity index (χ3n) is 2.28. The molecule has 17 heavy (non-hydrogen) atoms. The highest BCUT2D eigenvalue weighted by Gasteiger charge is 2.20. The average molecular weight is 339 g/mol. The zero-order chi connectivity index (χ0) is 12.6. The van der Waals surface area contributed by atoms with E-state index in [-0.39, 0.29) is 5.56 Å². The smallest absolute Gasteiger partial charge is 0.131 e. The summed E-state index contributed by atoms with van der Waals surface area (Å²) in [7, 11) is 0. The predicted octanol–water partition coefficient (Wildman–Crippen LogP) is 4.49. The monoisotopic (exact) mass is 337 g/mol. The lowest BCUT2D eigenvalue weighted by atomic mass is 10.1. The Morgan fingerprint density at radius 1 is 1.29 bits per heavy atom. The molecular weight excluding hydrogens is 332 g/mol. The van der Waals surface area contributed by atoms with Gasteiger partial charge in [0, 0.05) is 14.9 Å². The van der Waals surface area contributed by atoms with Crippen LogP contribution in [0.25, 0.3) is 0 Å². The van der Waals surface area contributed by atoms with Gasteiger partial charge in [-0.2, -0.15) is 0 Å².